The maximum absolute atomic E-state index is 14.8. The molecule has 2 aromatic heterocycles. The molecule has 0 saturated carbocycles. The van der Waals surface area contributed by atoms with Gasteiger partial charge in [-0.05, 0) is 31.4 Å². The van der Waals surface area contributed by atoms with E-state index in [-0.39, 0.29) is 47.7 Å². The number of aromatic nitrogens is 3. The molecule has 5 heterocycles. The van der Waals surface area contributed by atoms with E-state index in [4.69, 9.17) is 19.2 Å². The Morgan fingerprint density at radius 3 is 2.79 bits per heavy atom. The summed E-state index contributed by atoms with van der Waals surface area (Å²) in [6.45, 7) is 2.43. The van der Waals surface area contributed by atoms with Gasteiger partial charge >= 0.3 is 0 Å². The van der Waals surface area contributed by atoms with Gasteiger partial charge in [-0.25, -0.2) is 18.7 Å². The van der Waals surface area contributed by atoms with Crippen LogP contribution in [0.25, 0.3) is 16.9 Å². The maximum atomic E-state index is 14.8. The molecular formula is C24H23F2N3O4. The normalized spacial score (nSPS) is 25.0. The van der Waals surface area contributed by atoms with Gasteiger partial charge in [0.2, 0.25) is 0 Å². The molecule has 0 amide bonds. The summed E-state index contributed by atoms with van der Waals surface area (Å²) in [6.07, 6.45) is 4.22. The number of nitrogens with zero attached hydrogens (tertiary/aromatic N) is 3. The number of ether oxygens (including phenoxy) is 3. The molecule has 0 bridgehead atoms. The van der Waals surface area contributed by atoms with Gasteiger partial charge in [0.1, 0.15) is 17.3 Å². The van der Waals surface area contributed by atoms with Crippen molar-refractivity contribution in [3.8, 4) is 11.3 Å². The first-order chi connectivity index (χ1) is 16.1. The van der Waals surface area contributed by atoms with Crippen molar-refractivity contribution in [2.24, 2.45) is 5.92 Å². The first kappa shape index (κ1) is 20.8. The number of rotatable bonds is 3. The monoisotopic (exact) mass is 455 g/mol. The molecule has 3 atom stereocenters. The molecule has 3 aromatic rings. The minimum Gasteiger partial charge on any atom is -0.381 e. The second-order valence-corrected chi connectivity index (χ2v) is 8.92. The summed E-state index contributed by atoms with van der Waals surface area (Å²) in [4.78, 5) is 22.7. The zero-order chi connectivity index (χ0) is 22.5. The van der Waals surface area contributed by atoms with Crippen LogP contribution >= 0.6 is 0 Å². The fraction of sp³-hybridized carbons (Fsp3) is 0.458. The van der Waals surface area contributed by atoms with Crippen LogP contribution in [0.15, 0.2) is 29.2 Å². The van der Waals surface area contributed by atoms with Crippen LogP contribution in [0.5, 0.6) is 0 Å². The summed E-state index contributed by atoms with van der Waals surface area (Å²) in [5.41, 5.74) is 2.04. The van der Waals surface area contributed by atoms with Crippen molar-refractivity contribution in [2.75, 3.05) is 19.8 Å². The fourth-order valence-electron chi connectivity index (χ4n) is 5.09. The molecule has 172 valence electrons. The number of halogens is 2. The third-order valence-corrected chi connectivity index (χ3v) is 6.90. The van der Waals surface area contributed by atoms with Crippen molar-refractivity contribution in [1.82, 2.24) is 14.4 Å². The molecule has 3 aliphatic rings. The van der Waals surface area contributed by atoms with Crippen molar-refractivity contribution in [3.63, 3.8) is 0 Å². The molecular weight excluding hydrogens is 432 g/mol. The number of fused-ring (bicyclic) bond motifs is 2. The van der Waals surface area contributed by atoms with Crippen molar-refractivity contribution < 1.29 is 23.0 Å². The van der Waals surface area contributed by atoms with Crippen LogP contribution < -0.4 is 5.56 Å². The highest BCUT2D eigenvalue weighted by Gasteiger charge is 2.34. The van der Waals surface area contributed by atoms with Gasteiger partial charge in [0.05, 0.1) is 42.9 Å². The van der Waals surface area contributed by atoms with Gasteiger partial charge in [0.15, 0.2) is 5.65 Å². The molecule has 0 radical (unpaired) electrons. The first-order valence-corrected chi connectivity index (χ1v) is 11.3. The van der Waals surface area contributed by atoms with Crippen LogP contribution in [0.3, 0.4) is 0 Å². The van der Waals surface area contributed by atoms with E-state index in [0.717, 1.165) is 31.9 Å². The van der Waals surface area contributed by atoms with Crippen LogP contribution in [0, 0.1) is 17.6 Å². The lowest BCUT2D eigenvalue weighted by Gasteiger charge is -2.32. The van der Waals surface area contributed by atoms with Gasteiger partial charge in [-0.3, -0.25) is 9.20 Å². The minimum absolute atomic E-state index is 0.0346. The first-order valence-electron chi connectivity index (χ1n) is 11.3. The summed E-state index contributed by atoms with van der Waals surface area (Å²) < 4.78 is 46.9. The van der Waals surface area contributed by atoms with Crippen LogP contribution in [0.4, 0.5) is 8.78 Å². The molecule has 0 spiro atoms. The van der Waals surface area contributed by atoms with E-state index in [1.807, 2.05) is 0 Å². The average molecular weight is 455 g/mol. The van der Waals surface area contributed by atoms with Crippen LogP contribution in [-0.2, 0) is 27.4 Å². The van der Waals surface area contributed by atoms with Crippen molar-refractivity contribution in [3.05, 3.63) is 63.3 Å². The third-order valence-electron chi connectivity index (χ3n) is 6.90. The van der Waals surface area contributed by atoms with E-state index in [9.17, 15) is 13.6 Å². The summed E-state index contributed by atoms with van der Waals surface area (Å²) in [5, 5.41) is 0. The van der Waals surface area contributed by atoms with E-state index >= 15 is 0 Å². The largest absolute Gasteiger partial charge is 0.381 e. The van der Waals surface area contributed by atoms with Gasteiger partial charge in [0.25, 0.3) is 5.56 Å². The van der Waals surface area contributed by atoms with Gasteiger partial charge in [-0.15, -0.1) is 0 Å². The summed E-state index contributed by atoms with van der Waals surface area (Å²) in [5.74, 6) is -1.05. The summed E-state index contributed by atoms with van der Waals surface area (Å²) >= 11 is 0. The second kappa shape index (κ2) is 8.23. The highest BCUT2D eigenvalue weighted by atomic mass is 19.1. The Kier molecular flexibility index (Phi) is 5.20. The van der Waals surface area contributed by atoms with Gasteiger partial charge in [0, 0.05) is 42.9 Å². The molecule has 1 unspecified atom stereocenters. The lowest BCUT2D eigenvalue weighted by molar-refractivity contribution is -0.0311. The lowest BCUT2D eigenvalue weighted by atomic mass is 9.86. The fourth-order valence-corrected chi connectivity index (χ4v) is 5.09. The molecule has 2 saturated heterocycles. The molecule has 0 N–H and O–H groups in total. The quantitative estimate of drug-likeness (QED) is 0.603. The number of benzene rings is 1. The molecule has 6 rings (SSSR count). The van der Waals surface area contributed by atoms with E-state index in [0.29, 0.717) is 36.1 Å². The van der Waals surface area contributed by atoms with Crippen molar-refractivity contribution >= 4 is 5.65 Å². The van der Waals surface area contributed by atoms with Crippen LogP contribution in [0.2, 0.25) is 0 Å². The van der Waals surface area contributed by atoms with Gasteiger partial charge < -0.3 is 14.2 Å². The molecule has 33 heavy (non-hydrogen) atoms. The van der Waals surface area contributed by atoms with Gasteiger partial charge in [-0.2, -0.15) is 0 Å². The zero-order valence-corrected chi connectivity index (χ0v) is 17.9. The molecule has 9 heteroatoms. The average Bonchev–Trinajstić information content (AvgIpc) is 3.52. The van der Waals surface area contributed by atoms with Crippen molar-refractivity contribution in [1.29, 1.82) is 0 Å². The zero-order valence-electron chi connectivity index (χ0n) is 17.9. The van der Waals surface area contributed by atoms with E-state index in [1.54, 1.807) is 6.20 Å². The SMILES string of the molecule is O=c1c2c(nc3c(-c4ccc(F)cc4F)nc([C@H]4CCO[C@@H](C5CCOC5)C4)cn13)COC2. The number of hydrogen-bond donors (Lipinski definition) is 0. The predicted octanol–water partition coefficient (Wildman–Crippen LogP) is 3.36. The Bertz CT molecular complexity index is 1290. The molecule has 0 aliphatic carbocycles. The smallest absolute Gasteiger partial charge is 0.263 e. The topological polar surface area (TPSA) is 75.0 Å². The Hall–Kier alpha value is -2.75. The van der Waals surface area contributed by atoms with E-state index < -0.39 is 11.6 Å². The third kappa shape index (κ3) is 3.64. The van der Waals surface area contributed by atoms with E-state index in [1.165, 1.54) is 16.5 Å². The molecule has 2 fully saturated rings. The summed E-state index contributed by atoms with van der Waals surface area (Å²) in [7, 11) is 0. The lowest BCUT2D eigenvalue weighted by Crippen LogP contribution is -2.32. The Morgan fingerprint density at radius 2 is 1.97 bits per heavy atom. The standard InChI is InChI=1S/C24H23F2N3O4/c25-15-1-2-16(18(26)8-15)22-23-28-20-12-32-11-17(20)24(30)29(23)9-19(27-22)13-4-6-33-21(7-13)14-3-5-31-10-14/h1-2,8-9,13-14,21H,3-7,10-12H2/t13-,14?,21+/m0/s1. The molecule has 7 nitrogen and oxygen atoms in total. The predicted molar refractivity (Wildman–Crippen MR) is 114 cm³/mol. The van der Waals surface area contributed by atoms with Crippen molar-refractivity contribution in [2.45, 2.75) is 44.5 Å². The van der Waals surface area contributed by atoms with E-state index in [2.05, 4.69) is 4.98 Å². The van der Waals surface area contributed by atoms with Crippen LogP contribution in [0.1, 0.15) is 42.1 Å². The molecule has 1 aromatic carbocycles. The minimum atomic E-state index is -0.750. The number of hydrogen-bond acceptors (Lipinski definition) is 6. The Labute approximate surface area is 188 Å². The summed E-state index contributed by atoms with van der Waals surface area (Å²) in [6, 6.07) is 3.34. The second-order valence-electron chi connectivity index (χ2n) is 8.92. The highest BCUT2D eigenvalue weighted by molar-refractivity contribution is 5.74. The Balaban J connectivity index is 1.51. The molecule has 3 aliphatic heterocycles. The van der Waals surface area contributed by atoms with Crippen LogP contribution in [-0.4, -0.2) is 40.3 Å². The Morgan fingerprint density at radius 1 is 1.06 bits per heavy atom. The highest BCUT2D eigenvalue weighted by Crippen LogP contribution is 2.36. The van der Waals surface area contributed by atoms with Gasteiger partial charge in [-0.1, -0.05) is 0 Å². The maximum Gasteiger partial charge on any atom is 0.263 e.